The van der Waals surface area contributed by atoms with Gasteiger partial charge in [-0.3, -0.25) is 4.79 Å². The van der Waals surface area contributed by atoms with Crippen molar-refractivity contribution in [2.45, 2.75) is 113 Å². The molecule has 1 fully saturated rings. The van der Waals surface area contributed by atoms with E-state index < -0.39 is 74.2 Å². The van der Waals surface area contributed by atoms with Gasteiger partial charge < -0.3 is 55.6 Å². The molecule has 1 heterocycles. The highest BCUT2D eigenvalue weighted by Crippen LogP contribution is 2.25. The van der Waals surface area contributed by atoms with E-state index in [1.54, 1.807) is 0 Å². The normalized spacial score (nSPS) is 28.8. The molecule has 0 aromatic rings. The summed E-state index contributed by atoms with van der Waals surface area (Å²) in [6, 6.07) is 0. The predicted molar refractivity (Wildman–Crippen MR) is 119 cm³/mol. The maximum absolute atomic E-state index is 12.2. The molecule has 34 heavy (non-hydrogen) atoms. The van der Waals surface area contributed by atoms with Crippen LogP contribution in [0.15, 0.2) is 0 Å². The Kier molecular flexibility index (Phi) is 15.3. The maximum Gasteiger partial charge on any atom is 0.251 e. The van der Waals surface area contributed by atoms with Crippen LogP contribution in [0.3, 0.4) is 0 Å². The third-order valence-electron chi connectivity index (χ3n) is 5.96. The topological polar surface area (TPSA) is 209 Å². The fourth-order valence-electron chi connectivity index (χ4n) is 3.75. The zero-order valence-electron chi connectivity index (χ0n) is 19.8. The van der Waals surface area contributed by atoms with Gasteiger partial charge in [0.1, 0.15) is 42.7 Å². The minimum atomic E-state index is -2.04. The van der Waals surface area contributed by atoms with Crippen molar-refractivity contribution in [3.63, 3.8) is 0 Å². The molecule has 0 spiro atoms. The SMILES string of the molecule is CCCCCCCCCCNC(=O)C(O)C(O)C(O[C@@H]1OC(CO)[C@@H](O)C(O)C1O)C(O)CO. The molecule has 202 valence electrons. The summed E-state index contributed by atoms with van der Waals surface area (Å²) in [5.74, 6) is -0.914. The monoisotopic (exact) mass is 497 g/mol. The first-order chi connectivity index (χ1) is 16.2. The number of hydrogen-bond donors (Lipinski definition) is 9. The molecule has 7 unspecified atom stereocenters. The number of carbonyl (C=O) groups excluding carboxylic acids is 1. The van der Waals surface area contributed by atoms with Gasteiger partial charge in [-0.1, -0.05) is 51.9 Å². The Balaban J connectivity index is 2.58. The summed E-state index contributed by atoms with van der Waals surface area (Å²) in [6.45, 7) is 0.775. The van der Waals surface area contributed by atoms with Crippen LogP contribution in [0.5, 0.6) is 0 Å². The number of carbonyl (C=O) groups is 1. The van der Waals surface area contributed by atoms with Crippen LogP contribution in [0, 0.1) is 0 Å². The summed E-state index contributed by atoms with van der Waals surface area (Å²) in [4.78, 5) is 12.2. The zero-order chi connectivity index (χ0) is 25.7. The second kappa shape index (κ2) is 16.7. The lowest BCUT2D eigenvalue weighted by molar-refractivity contribution is -0.326. The van der Waals surface area contributed by atoms with E-state index in [2.05, 4.69) is 12.2 Å². The number of aliphatic hydroxyl groups is 8. The van der Waals surface area contributed by atoms with Gasteiger partial charge in [-0.2, -0.15) is 0 Å². The number of unbranched alkanes of at least 4 members (excludes halogenated alkanes) is 7. The number of rotatable bonds is 17. The Morgan fingerprint density at radius 1 is 0.912 bits per heavy atom. The van der Waals surface area contributed by atoms with Gasteiger partial charge in [-0.05, 0) is 6.42 Å². The quantitative estimate of drug-likeness (QED) is 0.0959. The lowest BCUT2D eigenvalue weighted by Gasteiger charge is -2.42. The van der Waals surface area contributed by atoms with E-state index >= 15 is 0 Å². The molecule has 0 aliphatic carbocycles. The van der Waals surface area contributed by atoms with Gasteiger partial charge in [0.05, 0.1) is 13.2 Å². The molecule has 9 N–H and O–H groups in total. The number of aliphatic hydroxyl groups excluding tert-OH is 8. The summed E-state index contributed by atoms with van der Waals surface area (Å²) in [5.41, 5.74) is 0. The van der Waals surface area contributed by atoms with Crippen LogP contribution in [0.1, 0.15) is 58.3 Å². The van der Waals surface area contributed by atoms with Crippen LogP contribution in [-0.2, 0) is 14.3 Å². The van der Waals surface area contributed by atoms with Crippen LogP contribution in [0.4, 0.5) is 0 Å². The molecule has 12 nitrogen and oxygen atoms in total. The molecule has 0 aromatic heterocycles. The third kappa shape index (κ3) is 9.61. The van der Waals surface area contributed by atoms with Gasteiger partial charge in [0.2, 0.25) is 0 Å². The smallest absolute Gasteiger partial charge is 0.251 e. The van der Waals surface area contributed by atoms with Crippen LogP contribution in [0.2, 0.25) is 0 Å². The number of nitrogens with one attached hydrogen (secondary N) is 1. The van der Waals surface area contributed by atoms with E-state index in [4.69, 9.17) is 9.47 Å². The van der Waals surface area contributed by atoms with Crippen molar-refractivity contribution >= 4 is 5.91 Å². The molecule has 12 heteroatoms. The Morgan fingerprint density at radius 2 is 1.50 bits per heavy atom. The molecule has 0 saturated carbocycles. The molecule has 1 aliphatic heterocycles. The second-order valence-corrected chi connectivity index (χ2v) is 8.75. The Bertz CT molecular complexity index is 553. The molecule has 0 radical (unpaired) electrons. The summed E-state index contributed by atoms with van der Waals surface area (Å²) in [5, 5.41) is 81.6. The molecule has 0 bridgehead atoms. The highest BCUT2D eigenvalue weighted by atomic mass is 16.7. The molecule has 1 aliphatic rings. The Hall–Kier alpha value is -0.930. The molecule has 0 aromatic carbocycles. The molecular weight excluding hydrogens is 454 g/mol. The van der Waals surface area contributed by atoms with E-state index in [1.807, 2.05) is 0 Å². The first kappa shape index (κ1) is 31.1. The van der Waals surface area contributed by atoms with Gasteiger partial charge in [0.25, 0.3) is 5.91 Å². The van der Waals surface area contributed by atoms with Crippen LogP contribution in [0.25, 0.3) is 0 Å². The van der Waals surface area contributed by atoms with E-state index in [0.29, 0.717) is 6.42 Å². The molecule has 9 atom stereocenters. The Morgan fingerprint density at radius 3 is 2.06 bits per heavy atom. The Labute approximate surface area is 200 Å². The van der Waals surface area contributed by atoms with Crippen molar-refractivity contribution < 1.29 is 55.1 Å². The fourth-order valence-corrected chi connectivity index (χ4v) is 3.75. The second-order valence-electron chi connectivity index (χ2n) is 8.75. The van der Waals surface area contributed by atoms with Crippen molar-refractivity contribution in [1.29, 1.82) is 0 Å². The summed E-state index contributed by atoms with van der Waals surface area (Å²) >= 11 is 0. The average molecular weight is 498 g/mol. The van der Waals surface area contributed by atoms with Crippen molar-refractivity contribution in [3.05, 3.63) is 0 Å². The maximum atomic E-state index is 12.2. The van der Waals surface area contributed by atoms with Gasteiger partial charge in [0, 0.05) is 6.54 Å². The fraction of sp³-hybridized carbons (Fsp3) is 0.955. The van der Waals surface area contributed by atoms with E-state index in [1.165, 1.54) is 25.7 Å². The van der Waals surface area contributed by atoms with Gasteiger partial charge in [-0.25, -0.2) is 0 Å². The number of hydrogen-bond acceptors (Lipinski definition) is 11. The molecule has 1 amide bonds. The number of amides is 1. The molecule has 1 saturated heterocycles. The lowest BCUT2D eigenvalue weighted by Crippen LogP contribution is -2.62. The van der Waals surface area contributed by atoms with Gasteiger partial charge in [0.15, 0.2) is 12.4 Å². The van der Waals surface area contributed by atoms with Crippen LogP contribution < -0.4 is 5.32 Å². The first-order valence-electron chi connectivity index (χ1n) is 12.1. The van der Waals surface area contributed by atoms with Gasteiger partial charge >= 0.3 is 0 Å². The number of ether oxygens (including phenoxy) is 2. The van der Waals surface area contributed by atoms with Crippen molar-refractivity contribution in [1.82, 2.24) is 5.32 Å². The highest BCUT2D eigenvalue weighted by molar-refractivity contribution is 5.81. The first-order valence-corrected chi connectivity index (χ1v) is 12.1. The van der Waals surface area contributed by atoms with Crippen LogP contribution >= 0.6 is 0 Å². The van der Waals surface area contributed by atoms with Gasteiger partial charge in [-0.15, -0.1) is 0 Å². The predicted octanol–water partition coefficient (Wildman–Crippen LogP) is -2.50. The van der Waals surface area contributed by atoms with Crippen LogP contribution in [-0.4, -0.2) is 122 Å². The van der Waals surface area contributed by atoms with E-state index in [-0.39, 0.29) is 6.54 Å². The van der Waals surface area contributed by atoms with Crippen molar-refractivity contribution in [2.75, 3.05) is 19.8 Å². The minimum absolute atomic E-state index is 0.276. The average Bonchev–Trinajstić information content (AvgIpc) is 2.84. The molecular formula is C22H43NO11. The summed E-state index contributed by atoms with van der Waals surface area (Å²) < 4.78 is 10.4. The summed E-state index contributed by atoms with van der Waals surface area (Å²) in [6.07, 6.45) is -7.48. The minimum Gasteiger partial charge on any atom is -0.394 e. The highest BCUT2D eigenvalue weighted by Gasteiger charge is 2.47. The zero-order valence-corrected chi connectivity index (χ0v) is 19.8. The summed E-state index contributed by atoms with van der Waals surface area (Å²) in [7, 11) is 0. The van der Waals surface area contributed by atoms with Crippen molar-refractivity contribution in [2.24, 2.45) is 0 Å². The standard InChI is InChI=1S/C22H43NO11/c1-2-3-4-5-6-7-8-9-10-23-21(32)18(30)17(29)20(13(26)11-24)34-22-19(31)16(28)15(27)14(12-25)33-22/h13-20,22,24-31H,2-12H2,1H3,(H,23,32)/t13?,14?,15-,16?,17?,18?,19?,20?,22+/m1/s1. The van der Waals surface area contributed by atoms with E-state index in [0.717, 1.165) is 19.3 Å². The third-order valence-corrected chi connectivity index (χ3v) is 5.96. The molecule has 1 rings (SSSR count). The van der Waals surface area contributed by atoms with Crippen molar-refractivity contribution in [3.8, 4) is 0 Å². The lowest BCUT2D eigenvalue weighted by atomic mass is 9.98. The van der Waals surface area contributed by atoms with E-state index in [9.17, 15) is 45.6 Å². The largest absolute Gasteiger partial charge is 0.394 e.